The topological polar surface area (TPSA) is 254 Å². The molecule has 0 bridgehead atoms. The number of urea groups is 1. The van der Waals surface area contributed by atoms with Crippen LogP contribution in [-0.2, 0) is 30.8 Å². The molecule has 0 spiro atoms. The summed E-state index contributed by atoms with van der Waals surface area (Å²) in [6.07, 6.45) is -2.56. The minimum absolute atomic E-state index is 0.187. The second-order valence-electron chi connectivity index (χ2n) is 9.99. The van der Waals surface area contributed by atoms with Crippen LogP contribution in [0, 0.1) is 11.8 Å². The summed E-state index contributed by atoms with van der Waals surface area (Å²) >= 11 is 3.17. The molecule has 1 saturated carbocycles. The average Bonchev–Trinajstić information content (AvgIpc) is 2.90. The molecule has 42 heavy (non-hydrogen) atoms. The lowest BCUT2D eigenvalue weighted by Crippen LogP contribution is -2.63. The number of hydrogen-bond acceptors (Lipinski definition) is 11. The Hall–Kier alpha value is -4.25. The van der Waals surface area contributed by atoms with E-state index in [9.17, 15) is 53.1 Å². The Balaban J connectivity index is 1.51. The summed E-state index contributed by atoms with van der Waals surface area (Å²) in [7, 11) is -4.31. The number of primary amides is 1. The number of fused-ring (bicyclic) bond motifs is 3. The molecule has 0 saturated heterocycles. The average molecular weight is 664 g/mol. The number of rotatable bonds is 4. The molecule has 2 aromatic carbocycles. The van der Waals surface area contributed by atoms with Crippen molar-refractivity contribution in [3.8, 4) is 5.75 Å². The normalized spacial score (nSPS) is 25.4. The molecule has 0 aromatic heterocycles. The molecular formula is C26H22BrN3O11S. The van der Waals surface area contributed by atoms with Crippen LogP contribution in [0.1, 0.15) is 17.5 Å². The van der Waals surface area contributed by atoms with Gasteiger partial charge in [0.05, 0.1) is 22.3 Å². The van der Waals surface area contributed by atoms with Gasteiger partial charge in [-0.25, -0.2) is 17.9 Å². The summed E-state index contributed by atoms with van der Waals surface area (Å²) in [4.78, 5) is 50.1. The number of aliphatic hydroxyl groups excluding tert-OH is 3. The number of carbonyl (C=O) groups excluding carboxylic acids is 4. The number of nitrogens with two attached hydrogens (primary N) is 1. The van der Waals surface area contributed by atoms with Crippen LogP contribution in [-0.4, -0.2) is 69.2 Å². The number of hydrogen-bond donors (Lipinski definition) is 8. The van der Waals surface area contributed by atoms with Crippen molar-refractivity contribution in [2.75, 3.05) is 5.32 Å². The highest BCUT2D eigenvalue weighted by atomic mass is 79.9. The van der Waals surface area contributed by atoms with Gasteiger partial charge < -0.3 is 36.6 Å². The number of halogens is 1. The van der Waals surface area contributed by atoms with Gasteiger partial charge in [-0.05, 0) is 42.3 Å². The lowest BCUT2D eigenvalue weighted by molar-refractivity contribution is -0.159. The first-order chi connectivity index (χ1) is 19.6. The van der Waals surface area contributed by atoms with Crippen molar-refractivity contribution in [2.45, 2.75) is 29.4 Å². The minimum atomic E-state index is -4.31. The number of aromatic hydroxyl groups is 1. The maximum Gasteiger partial charge on any atom is 0.333 e. The fourth-order valence-electron chi connectivity index (χ4n) is 5.66. The lowest BCUT2D eigenvalue weighted by atomic mass is 9.58. The highest BCUT2D eigenvalue weighted by molar-refractivity contribution is 9.10. The molecule has 220 valence electrons. The summed E-state index contributed by atoms with van der Waals surface area (Å²) in [5.74, 6) is -9.53. The number of aliphatic hydroxyl groups is 4. The molecule has 5 rings (SSSR count). The van der Waals surface area contributed by atoms with Gasteiger partial charge >= 0.3 is 6.03 Å². The predicted molar refractivity (Wildman–Crippen MR) is 146 cm³/mol. The fraction of sp³-hybridized carbons (Fsp3) is 0.231. The van der Waals surface area contributed by atoms with Crippen LogP contribution < -0.4 is 15.8 Å². The number of phenols is 1. The highest BCUT2D eigenvalue weighted by Crippen LogP contribution is 2.52. The van der Waals surface area contributed by atoms with E-state index in [2.05, 4.69) is 21.2 Å². The standard InChI is InChI=1S/C26H22BrN3O11S/c27-10-2-4-11(5-3-10)42(40,41)30-25(38)29-14-6-1-9-7-12-17(21(34)16(9)20(14)33)22(35)26(39)13(19(12)32)8-15(31)18(23(26)36)24(28)37/h1-6,12-13,19,32-34,36,39H,7-8H2,(H2,28,37)(H2,29,30,38)/t12-,13-,19+,26+/m1/s1. The van der Waals surface area contributed by atoms with E-state index in [4.69, 9.17) is 5.73 Å². The van der Waals surface area contributed by atoms with Crippen molar-refractivity contribution < 1.29 is 53.1 Å². The smallest absolute Gasteiger partial charge is 0.333 e. The van der Waals surface area contributed by atoms with Crippen molar-refractivity contribution >= 4 is 60.9 Å². The summed E-state index contributed by atoms with van der Waals surface area (Å²) in [5.41, 5.74) is 0.00491. The number of anilines is 1. The molecule has 0 heterocycles. The molecule has 3 aliphatic rings. The second kappa shape index (κ2) is 9.94. The Morgan fingerprint density at radius 1 is 1.02 bits per heavy atom. The maximum atomic E-state index is 13.6. The number of amides is 3. The third-order valence-electron chi connectivity index (χ3n) is 7.65. The molecule has 3 amide bonds. The number of ketones is 2. The Morgan fingerprint density at radius 3 is 2.29 bits per heavy atom. The predicted octanol–water partition coefficient (Wildman–Crippen LogP) is 0.668. The van der Waals surface area contributed by atoms with Gasteiger partial charge in [0, 0.05) is 28.3 Å². The largest absolute Gasteiger partial charge is 0.508 e. The van der Waals surface area contributed by atoms with E-state index in [0.717, 1.165) is 0 Å². The molecule has 14 nitrogen and oxygen atoms in total. The van der Waals surface area contributed by atoms with E-state index < -0.39 is 91.9 Å². The number of nitrogens with one attached hydrogen (secondary N) is 2. The quantitative estimate of drug-likeness (QED) is 0.167. The van der Waals surface area contributed by atoms with Crippen molar-refractivity contribution in [2.24, 2.45) is 17.6 Å². The Bertz CT molecular complexity index is 1770. The molecule has 0 aliphatic heterocycles. The summed E-state index contributed by atoms with van der Waals surface area (Å²) in [6.45, 7) is 0. The van der Waals surface area contributed by atoms with Crippen LogP contribution in [0.4, 0.5) is 10.5 Å². The molecule has 0 radical (unpaired) electrons. The maximum absolute atomic E-state index is 13.6. The van der Waals surface area contributed by atoms with E-state index in [0.29, 0.717) is 4.47 Å². The van der Waals surface area contributed by atoms with E-state index >= 15 is 0 Å². The third kappa shape index (κ3) is 4.34. The van der Waals surface area contributed by atoms with Gasteiger partial charge in [-0.3, -0.25) is 14.4 Å². The second-order valence-corrected chi connectivity index (χ2v) is 12.6. The van der Waals surface area contributed by atoms with Crippen molar-refractivity contribution in [1.29, 1.82) is 0 Å². The van der Waals surface area contributed by atoms with Crippen LogP contribution >= 0.6 is 15.9 Å². The Labute approximate surface area is 245 Å². The molecule has 4 atom stereocenters. The molecule has 1 fully saturated rings. The van der Waals surface area contributed by atoms with Gasteiger partial charge in [-0.1, -0.05) is 22.0 Å². The Kier molecular flexibility index (Phi) is 6.92. The van der Waals surface area contributed by atoms with E-state index in [1.165, 1.54) is 36.4 Å². The zero-order valence-corrected chi connectivity index (χ0v) is 23.6. The van der Waals surface area contributed by atoms with Crippen LogP contribution in [0.5, 0.6) is 5.75 Å². The minimum Gasteiger partial charge on any atom is -0.508 e. The zero-order valence-electron chi connectivity index (χ0n) is 21.2. The lowest BCUT2D eigenvalue weighted by Gasteiger charge is -2.48. The van der Waals surface area contributed by atoms with E-state index in [-0.39, 0.29) is 28.1 Å². The van der Waals surface area contributed by atoms with Gasteiger partial charge in [0.1, 0.15) is 22.8 Å². The molecule has 2 aromatic rings. The van der Waals surface area contributed by atoms with Gasteiger partial charge in [0.25, 0.3) is 15.9 Å². The van der Waals surface area contributed by atoms with E-state index in [1.807, 2.05) is 0 Å². The third-order valence-corrected chi connectivity index (χ3v) is 9.52. The molecule has 3 aliphatic carbocycles. The first-order valence-corrected chi connectivity index (χ1v) is 14.5. The number of phenolic OH excluding ortho intramolecular Hbond substituents is 1. The zero-order chi connectivity index (χ0) is 30.9. The van der Waals surface area contributed by atoms with Crippen LogP contribution in [0.3, 0.4) is 0 Å². The van der Waals surface area contributed by atoms with Crippen molar-refractivity contribution in [3.05, 3.63) is 68.9 Å². The van der Waals surface area contributed by atoms with Gasteiger partial charge in [-0.15, -0.1) is 0 Å². The number of Topliss-reactive ketones (excluding diaryl/α,β-unsaturated/α-hetero) is 2. The van der Waals surface area contributed by atoms with Crippen molar-refractivity contribution in [3.63, 3.8) is 0 Å². The van der Waals surface area contributed by atoms with E-state index in [1.54, 1.807) is 4.72 Å². The van der Waals surface area contributed by atoms with Gasteiger partial charge in [-0.2, -0.15) is 0 Å². The van der Waals surface area contributed by atoms with Crippen molar-refractivity contribution in [1.82, 2.24) is 4.72 Å². The number of benzene rings is 2. The molecule has 9 N–H and O–H groups in total. The van der Waals surface area contributed by atoms with Gasteiger partial charge in [0.2, 0.25) is 5.78 Å². The first kappa shape index (κ1) is 29.2. The number of carbonyl (C=O) groups is 4. The molecular weight excluding hydrogens is 642 g/mol. The summed E-state index contributed by atoms with van der Waals surface area (Å²) < 4.78 is 27.5. The molecule has 16 heteroatoms. The van der Waals surface area contributed by atoms with Crippen LogP contribution in [0.2, 0.25) is 0 Å². The fourth-order valence-corrected chi connectivity index (χ4v) is 6.83. The summed E-state index contributed by atoms with van der Waals surface area (Å²) in [5, 5.41) is 57.3. The Morgan fingerprint density at radius 2 is 1.67 bits per heavy atom. The highest BCUT2D eigenvalue weighted by Gasteiger charge is 2.63. The number of sulfonamides is 1. The summed E-state index contributed by atoms with van der Waals surface area (Å²) in [6, 6.07) is 6.65. The first-order valence-electron chi connectivity index (χ1n) is 12.2. The van der Waals surface area contributed by atoms with Crippen LogP contribution in [0.25, 0.3) is 5.76 Å². The monoisotopic (exact) mass is 663 g/mol. The SMILES string of the molecule is NC(=O)C1=C(O)[C@@]2(O)C(=O)C3=C(O)c4c(ccc(NC(=O)NS(=O)(=O)c5ccc(Br)cc5)c4O)C[C@H]3[C@H](O)[C@H]2CC1=O. The molecule has 0 unspecified atom stereocenters. The van der Waals surface area contributed by atoms with Crippen LogP contribution in [0.15, 0.2) is 62.7 Å². The van der Waals surface area contributed by atoms with Gasteiger partial charge in [0.15, 0.2) is 11.4 Å².